The van der Waals surface area contributed by atoms with Crippen molar-refractivity contribution < 1.29 is 22.7 Å². The van der Waals surface area contributed by atoms with Gasteiger partial charge in [-0.25, -0.2) is 13.2 Å². The van der Waals surface area contributed by atoms with Crippen molar-refractivity contribution in [2.24, 2.45) is 0 Å². The number of nitrogens with zero attached hydrogens (tertiary/aromatic N) is 1. The molecule has 124 valence electrons. The van der Waals surface area contributed by atoms with Gasteiger partial charge in [0.25, 0.3) is 0 Å². The Bertz CT molecular complexity index is 742. The summed E-state index contributed by atoms with van der Waals surface area (Å²) in [5.74, 6) is -0.712. The molecule has 0 atom stereocenters. The average Bonchev–Trinajstić information content (AvgIpc) is 2.52. The predicted octanol–water partition coefficient (Wildman–Crippen LogP) is 0.508. The van der Waals surface area contributed by atoms with Gasteiger partial charge in [-0.05, 0) is 12.1 Å². The van der Waals surface area contributed by atoms with Crippen LogP contribution < -0.4 is 15.0 Å². The molecule has 1 N–H and O–H groups in total. The minimum atomic E-state index is -3.40. The van der Waals surface area contributed by atoms with E-state index >= 15 is 0 Å². The van der Waals surface area contributed by atoms with Gasteiger partial charge in [-0.3, -0.25) is 4.79 Å². The van der Waals surface area contributed by atoms with Gasteiger partial charge in [0.15, 0.2) is 15.6 Å². The number of hydrogen-bond donors (Lipinski definition) is 1. The summed E-state index contributed by atoms with van der Waals surface area (Å²) in [6, 6.07) is 4.32. The minimum Gasteiger partial charge on any atom is -0.423 e. The Morgan fingerprint density at radius 3 is 2.87 bits per heavy atom. The summed E-state index contributed by atoms with van der Waals surface area (Å²) >= 11 is 0. The van der Waals surface area contributed by atoms with E-state index in [0.29, 0.717) is 12.2 Å². The third kappa shape index (κ3) is 3.89. The van der Waals surface area contributed by atoms with Crippen LogP contribution in [-0.4, -0.2) is 45.7 Å². The predicted molar refractivity (Wildman–Crippen MR) is 85.2 cm³/mol. The monoisotopic (exact) mass is 338 g/mol. The van der Waals surface area contributed by atoms with Gasteiger partial charge in [0.2, 0.25) is 5.91 Å². The van der Waals surface area contributed by atoms with Crippen molar-refractivity contribution in [3.05, 3.63) is 30.9 Å². The van der Waals surface area contributed by atoms with E-state index in [-0.39, 0.29) is 35.4 Å². The SMILES string of the molecule is C=CCNC(=O)CN1CC(=O)Oc2cc(S(=O)(=O)CC)ccc21. The zero-order valence-electron chi connectivity index (χ0n) is 12.7. The Morgan fingerprint density at radius 1 is 1.48 bits per heavy atom. The second-order valence-electron chi connectivity index (χ2n) is 4.96. The molecule has 1 aromatic carbocycles. The number of esters is 1. The lowest BCUT2D eigenvalue weighted by atomic mass is 10.2. The van der Waals surface area contributed by atoms with E-state index in [0.717, 1.165) is 0 Å². The van der Waals surface area contributed by atoms with Crippen LogP contribution in [0, 0.1) is 0 Å². The summed E-state index contributed by atoms with van der Waals surface area (Å²) in [6.45, 7) is 5.27. The number of fused-ring (bicyclic) bond motifs is 1. The standard InChI is InChI=1S/C15H18N2O5S/c1-3-7-16-14(18)9-17-10-15(19)22-13-8-11(5-6-12(13)17)23(20,21)4-2/h3,5-6,8H,1,4,7,9-10H2,2H3,(H,16,18). The van der Waals surface area contributed by atoms with Crippen LogP contribution in [0.2, 0.25) is 0 Å². The van der Waals surface area contributed by atoms with E-state index in [1.54, 1.807) is 17.0 Å². The number of ether oxygens (including phenoxy) is 1. The zero-order chi connectivity index (χ0) is 17.0. The van der Waals surface area contributed by atoms with Crippen LogP contribution in [-0.2, 0) is 19.4 Å². The van der Waals surface area contributed by atoms with E-state index in [1.807, 2.05) is 0 Å². The summed E-state index contributed by atoms with van der Waals surface area (Å²) in [5.41, 5.74) is 0.508. The topological polar surface area (TPSA) is 92.8 Å². The molecular formula is C15H18N2O5S. The summed E-state index contributed by atoms with van der Waals surface area (Å²) in [7, 11) is -3.40. The molecule has 0 saturated carbocycles. The normalized spacial score (nSPS) is 14.0. The third-order valence-electron chi connectivity index (χ3n) is 3.33. The van der Waals surface area contributed by atoms with Crippen LogP contribution in [0.25, 0.3) is 0 Å². The van der Waals surface area contributed by atoms with Crippen LogP contribution in [0.4, 0.5) is 5.69 Å². The van der Waals surface area contributed by atoms with Crippen LogP contribution >= 0.6 is 0 Å². The fourth-order valence-corrected chi connectivity index (χ4v) is 3.05. The van der Waals surface area contributed by atoms with Crippen LogP contribution in [0.5, 0.6) is 5.75 Å². The quantitative estimate of drug-likeness (QED) is 0.461. The van der Waals surface area contributed by atoms with E-state index < -0.39 is 15.8 Å². The number of nitrogens with one attached hydrogen (secondary N) is 1. The molecule has 0 fully saturated rings. The fraction of sp³-hybridized carbons (Fsp3) is 0.333. The number of carbonyl (C=O) groups excluding carboxylic acids is 2. The number of rotatable bonds is 6. The summed E-state index contributed by atoms with van der Waals surface area (Å²) in [6.07, 6.45) is 1.55. The average molecular weight is 338 g/mol. The molecule has 0 unspecified atom stereocenters. The maximum atomic E-state index is 11.9. The maximum Gasteiger partial charge on any atom is 0.331 e. The van der Waals surface area contributed by atoms with Gasteiger partial charge >= 0.3 is 5.97 Å². The molecule has 0 aliphatic carbocycles. The summed E-state index contributed by atoms with van der Waals surface area (Å²) < 4.78 is 28.9. The molecule has 1 aromatic rings. The highest BCUT2D eigenvalue weighted by Gasteiger charge is 2.27. The highest BCUT2D eigenvalue weighted by atomic mass is 32.2. The first-order chi connectivity index (χ1) is 10.9. The summed E-state index contributed by atoms with van der Waals surface area (Å²) in [4.78, 5) is 25.1. The van der Waals surface area contributed by atoms with Crippen molar-refractivity contribution in [1.29, 1.82) is 0 Å². The molecule has 7 nitrogen and oxygen atoms in total. The van der Waals surface area contributed by atoms with E-state index in [4.69, 9.17) is 4.74 Å². The Hall–Kier alpha value is -2.35. The second-order valence-corrected chi connectivity index (χ2v) is 7.23. The number of sulfone groups is 1. The van der Waals surface area contributed by atoms with Gasteiger partial charge in [-0.1, -0.05) is 13.0 Å². The Balaban J connectivity index is 2.29. The highest BCUT2D eigenvalue weighted by Crippen LogP contribution is 2.34. The molecular weight excluding hydrogens is 320 g/mol. The van der Waals surface area contributed by atoms with Crippen molar-refractivity contribution >= 4 is 27.4 Å². The summed E-state index contributed by atoms with van der Waals surface area (Å²) in [5, 5.41) is 2.62. The Morgan fingerprint density at radius 2 is 2.22 bits per heavy atom. The maximum absolute atomic E-state index is 11.9. The molecule has 0 bridgehead atoms. The molecule has 1 heterocycles. The van der Waals surface area contributed by atoms with Gasteiger partial charge in [-0.15, -0.1) is 6.58 Å². The number of amides is 1. The lowest BCUT2D eigenvalue weighted by molar-refractivity contribution is -0.133. The highest BCUT2D eigenvalue weighted by molar-refractivity contribution is 7.91. The Labute approximate surface area is 134 Å². The fourth-order valence-electron chi connectivity index (χ4n) is 2.15. The first-order valence-corrected chi connectivity index (χ1v) is 8.72. The minimum absolute atomic E-state index is 0.0319. The van der Waals surface area contributed by atoms with Gasteiger partial charge in [0.1, 0.15) is 6.54 Å². The third-order valence-corrected chi connectivity index (χ3v) is 5.07. The smallest absolute Gasteiger partial charge is 0.331 e. The molecule has 23 heavy (non-hydrogen) atoms. The van der Waals surface area contributed by atoms with Crippen LogP contribution in [0.3, 0.4) is 0 Å². The van der Waals surface area contributed by atoms with Crippen LogP contribution in [0.15, 0.2) is 35.7 Å². The molecule has 1 amide bonds. The Kier molecular flexibility index (Phi) is 5.05. The lowest BCUT2D eigenvalue weighted by Gasteiger charge is -2.29. The molecule has 2 rings (SSSR count). The van der Waals surface area contributed by atoms with Crippen molar-refractivity contribution in [1.82, 2.24) is 5.32 Å². The second kappa shape index (κ2) is 6.82. The first kappa shape index (κ1) is 17.0. The zero-order valence-corrected chi connectivity index (χ0v) is 13.6. The molecule has 0 spiro atoms. The largest absolute Gasteiger partial charge is 0.423 e. The lowest BCUT2D eigenvalue weighted by Crippen LogP contribution is -2.43. The van der Waals surface area contributed by atoms with Crippen LogP contribution in [0.1, 0.15) is 6.92 Å². The van der Waals surface area contributed by atoms with E-state index in [9.17, 15) is 18.0 Å². The van der Waals surface area contributed by atoms with E-state index in [2.05, 4.69) is 11.9 Å². The van der Waals surface area contributed by atoms with Gasteiger partial charge in [0.05, 0.1) is 22.9 Å². The van der Waals surface area contributed by atoms with Crippen molar-refractivity contribution in [3.8, 4) is 5.75 Å². The number of anilines is 1. The number of benzene rings is 1. The number of hydrogen-bond acceptors (Lipinski definition) is 6. The molecule has 0 aromatic heterocycles. The van der Waals surface area contributed by atoms with Crippen molar-refractivity contribution in [3.63, 3.8) is 0 Å². The van der Waals surface area contributed by atoms with Gasteiger partial charge in [0, 0.05) is 12.6 Å². The molecule has 0 radical (unpaired) electrons. The first-order valence-electron chi connectivity index (χ1n) is 7.07. The van der Waals surface area contributed by atoms with Crippen molar-refractivity contribution in [2.75, 3.05) is 30.3 Å². The van der Waals surface area contributed by atoms with Gasteiger partial charge < -0.3 is 15.0 Å². The number of carbonyl (C=O) groups is 2. The van der Waals surface area contributed by atoms with Crippen molar-refractivity contribution in [2.45, 2.75) is 11.8 Å². The molecule has 1 aliphatic heterocycles. The molecule has 0 saturated heterocycles. The molecule has 8 heteroatoms. The van der Waals surface area contributed by atoms with Gasteiger partial charge in [-0.2, -0.15) is 0 Å². The molecule has 1 aliphatic rings. The van der Waals surface area contributed by atoms with E-state index in [1.165, 1.54) is 19.1 Å².